The van der Waals surface area contributed by atoms with Gasteiger partial charge in [-0.05, 0) is 129 Å². The third-order valence-electron chi connectivity index (χ3n) is 14.8. The van der Waals surface area contributed by atoms with Crippen molar-refractivity contribution >= 4 is 40.6 Å². The molecule has 0 aromatic heterocycles. The van der Waals surface area contributed by atoms with Crippen LogP contribution in [0.4, 0.5) is 5.69 Å². The minimum absolute atomic E-state index is 0.0425. The fourth-order valence-corrected chi connectivity index (χ4v) is 11.9. The molecule has 4 aromatic carbocycles. The van der Waals surface area contributed by atoms with Crippen LogP contribution in [0.1, 0.15) is 93.1 Å². The Balaban J connectivity index is 0.865. The number of hydrogen-bond acceptors (Lipinski definition) is 8. The molecule has 6 heterocycles. The summed E-state index contributed by atoms with van der Waals surface area (Å²) in [5.74, 6) is 1.42. The van der Waals surface area contributed by atoms with E-state index in [1.807, 2.05) is 25.1 Å². The van der Waals surface area contributed by atoms with Gasteiger partial charge in [0.2, 0.25) is 11.3 Å². The number of aryl methyl sites for hydroxylation is 2. The highest BCUT2D eigenvalue weighted by Crippen LogP contribution is 2.49. The van der Waals surface area contributed by atoms with Crippen LogP contribution in [0.3, 0.4) is 0 Å². The summed E-state index contributed by atoms with van der Waals surface area (Å²) in [6.45, 7) is 6.77. The maximum Gasteiger partial charge on any atom is 0.336 e. The number of carboxylic acid groups (broad SMARTS) is 1. The number of allylic oxidation sites excluding steroid dienone is 2. The molecule has 4 aromatic rings. The van der Waals surface area contributed by atoms with Crippen LogP contribution in [-0.4, -0.2) is 86.9 Å². The number of rotatable bonds is 12. The summed E-state index contributed by atoms with van der Waals surface area (Å²) >= 11 is 6.09. The summed E-state index contributed by atoms with van der Waals surface area (Å²) in [7, 11) is 1.64. The van der Waals surface area contributed by atoms with E-state index in [0.717, 1.165) is 122 Å². The highest BCUT2D eigenvalue weighted by molar-refractivity contribution is 6.30. The second kappa shape index (κ2) is 17.6. The first-order chi connectivity index (χ1) is 32.6. The van der Waals surface area contributed by atoms with Gasteiger partial charge in [-0.2, -0.15) is 0 Å². The van der Waals surface area contributed by atoms with Crippen molar-refractivity contribution < 1.29 is 33.7 Å². The van der Waals surface area contributed by atoms with Gasteiger partial charge in [0.25, 0.3) is 5.91 Å². The number of ether oxygens (including phenoxy) is 3. The third-order valence-corrected chi connectivity index (χ3v) is 15.1. The van der Waals surface area contributed by atoms with Crippen LogP contribution in [0.15, 0.2) is 89.9 Å². The normalized spacial score (nSPS) is 19.6. The van der Waals surface area contributed by atoms with Crippen LogP contribution in [0.2, 0.25) is 5.02 Å². The number of aromatic carboxylic acids is 1. The molecule has 3 N–H and O–H groups in total. The summed E-state index contributed by atoms with van der Waals surface area (Å²) in [4.78, 5) is 45.5. The minimum atomic E-state index is -1.06. The van der Waals surface area contributed by atoms with Crippen molar-refractivity contribution in [3.63, 3.8) is 0 Å². The molecule has 0 saturated carbocycles. The molecule has 2 amide bonds. The molecule has 67 heavy (non-hydrogen) atoms. The molecular formula is C54H55ClN5O7+. The smallest absolute Gasteiger partial charge is 0.336 e. The molecule has 6 aliphatic heterocycles. The first-order valence-corrected chi connectivity index (χ1v) is 24.2. The molecule has 344 valence electrons. The molecule has 0 radical (unpaired) electrons. The summed E-state index contributed by atoms with van der Waals surface area (Å²) in [6.07, 6.45) is 14.1. The topological polar surface area (TPSA) is 133 Å². The van der Waals surface area contributed by atoms with Crippen LogP contribution in [0.5, 0.6) is 17.2 Å². The van der Waals surface area contributed by atoms with E-state index in [-0.39, 0.29) is 55.6 Å². The first kappa shape index (κ1) is 43.1. The fourth-order valence-electron chi connectivity index (χ4n) is 11.7. The van der Waals surface area contributed by atoms with Gasteiger partial charge in [-0.15, -0.1) is 0 Å². The zero-order valence-electron chi connectivity index (χ0n) is 38.0. The van der Waals surface area contributed by atoms with Crippen molar-refractivity contribution in [2.24, 2.45) is 5.92 Å². The van der Waals surface area contributed by atoms with Crippen LogP contribution >= 0.6 is 11.6 Å². The van der Waals surface area contributed by atoms with Gasteiger partial charge in [-0.3, -0.25) is 9.59 Å². The third kappa shape index (κ3) is 7.72. The van der Waals surface area contributed by atoms with E-state index in [2.05, 4.69) is 49.3 Å². The number of fused-ring (bicyclic) bond motifs is 5. The average Bonchev–Trinajstić information content (AvgIpc) is 3.60. The van der Waals surface area contributed by atoms with E-state index in [0.29, 0.717) is 21.9 Å². The van der Waals surface area contributed by atoms with Crippen LogP contribution in [0.25, 0.3) is 5.57 Å². The lowest BCUT2D eigenvalue weighted by Gasteiger charge is -2.39. The highest BCUT2D eigenvalue weighted by atomic mass is 35.5. The van der Waals surface area contributed by atoms with Crippen LogP contribution < -0.4 is 40.2 Å². The van der Waals surface area contributed by atoms with E-state index in [4.69, 9.17) is 25.8 Å². The number of hydrogen-bond donors (Lipinski definition) is 3. The van der Waals surface area contributed by atoms with Crippen molar-refractivity contribution in [1.82, 2.24) is 20.1 Å². The summed E-state index contributed by atoms with van der Waals surface area (Å²) in [5.41, 5.74) is 10.9. The van der Waals surface area contributed by atoms with Crippen molar-refractivity contribution in [2.75, 3.05) is 58.0 Å². The minimum Gasteiger partial charge on any atom is -0.497 e. The van der Waals surface area contributed by atoms with Crippen molar-refractivity contribution in [1.29, 1.82) is 0 Å². The summed E-state index contributed by atoms with van der Waals surface area (Å²) in [6, 6.07) is 16.6. The molecule has 11 rings (SSSR count). The molecule has 0 fully saturated rings. The molecule has 1 aliphatic carbocycles. The maximum absolute atomic E-state index is 14.1. The molecule has 13 heteroatoms. The standard InChI is InChI=1S/C54H54ClN5O7/c1-31-41(42-28-37(65-2)16-18-46(42)60(31)30-66-36-14-12-35(55)13-15-36)29-47(61)56-19-20-57-53(62)34-11-17-38(54(63)64)43(27-34)48-44-25-32-7-3-21-58-23-5-9-39(49(32)58)51(44)67-52-40-10-6-24-59-22-4-8-33(50(40)59)26-45(48)52/h11-18,25-28,42,46H,3-10,19-24,29-30H2,1-2H3,(H2-,56,57,61,62,63,64)/p+1. The number of amides is 2. The quantitative estimate of drug-likeness (QED) is 0.0959. The Labute approximate surface area is 394 Å². The Bertz CT molecular complexity index is 2990. The van der Waals surface area contributed by atoms with E-state index < -0.39 is 5.97 Å². The number of methoxy groups -OCH3 is 1. The lowest BCUT2D eigenvalue weighted by Crippen LogP contribution is -2.45. The summed E-state index contributed by atoms with van der Waals surface area (Å²) in [5, 5.41) is 19.6. The SMILES string of the molecule is COC1=CC2C(CC(=O)NCCNC(=O)c3ccc(C(=O)O)c(C4=c5cc6c7c(c5Oc5c4cc4c8c5CCCN8CCC4)CCC[N+]=7CCC6)c3)=C(C)N(COc3ccc(Cl)cc3)C2C=C1. The van der Waals surface area contributed by atoms with Gasteiger partial charge in [0.15, 0.2) is 6.73 Å². The fraction of sp³-hybridized carbons (Fsp3) is 0.370. The Morgan fingerprint density at radius 2 is 1.64 bits per heavy atom. The number of carbonyl (C=O) groups is 3. The molecule has 12 nitrogen and oxygen atoms in total. The molecular weight excluding hydrogens is 866 g/mol. The largest absolute Gasteiger partial charge is 0.497 e. The van der Waals surface area contributed by atoms with Gasteiger partial charge < -0.3 is 39.8 Å². The van der Waals surface area contributed by atoms with E-state index in [1.54, 1.807) is 37.4 Å². The highest BCUT2D eigenvalue weighted by Gasteiger charge is 2.40. The van der Waals surface area contributed by atoms with Gasteiger partial charge in [0, 0.05) is 94.4 Å². The Morgan fingerprint density at radius 1 is 0.881 bits per heavy atom. The number of carbonyl (C=O) groups excluding carboxylic acids is 2. The Hall–Kier alpha value is -6.53. The lowest BCUT2D eigenvalue weighted by molar-refractivity contribution is -0.120. The number of nitrogens with one attached hydrogen (secondary N) is 2. The number of benzene rings is 4. The monoisotopic (exact) mass is 920 g/mol. The average molecular weight is 922 g/mol. The zero-order valence-corrected chi connectivity index (χ0v) is 38.8. The predicted octanol–water partition coefficient (Wildman–Crippen LogP) is 6.42. The molecule has 0 saturated heterocycles. The molecule has 0 spiro atoms. The summed E-state index contributed by atoms with van der Waals surface area (Å²) < 4.78 is 21.4. The van der Waals surface area contributed by atoms with Gasteiger partial charge in [-0.1, -0.05) is 17.7 Å². The van der Waals surface area contributed by atoms with Crippen LogP contribution in [-0.2, 0) is 35.2 Å². The molecule has 2 atom stereocenters. The van der Waals surface area contributed by atoms with Gasteiger partial charge in [0.1, 0.15) is 36.1 Å². The molecule has 0 bridgehead atoms. The van der Waals surface area contributed by atoms with E-state index >= 15 is 0 Å². The lowest BCUT2D eigenvalue weighted by atomic mass is 9.81. The van der Waals surface area contributed by atoms with Crippen LogP contribution in [0, 0.1) is 5.92 Å². The maximum atomic E-state index is 14.1. The van der Waals surface area contributed by atoms with Crippen molar-refractivity contribution in [3.05, 3.63) is 150 Å². The predicted molar refractivity (Wildman–Crippen MR) is 257 cm³/mol. The first-order valence-electron chi connectivity index (χ1n) is 23.8. The number of nitrogens with zero attached hydrogens (tertiary/aromatic N) is 3. The van der Waals surface area contributed by atoms with Gasteiger partial charge in [0.05, 0.1) is 30.7 Å². The van der Waals surface area contributed by atoms with Crippen molar-refractivity contribution in [3.8, 4) is 17.2 Å². The van der Waals surface area contributed by atoms with E-state index in [9.17, 15) is 19.5 Å². The number of carboxylic acids is 1. The Morgan fingerprint density at radius 3 is 2.45 bits per heavy atom. The molecule has 7 aliphatic rings. The second-order valence-corrected chi connectivity index (χ2v) is 19.1. The zero-order chi connectivity index (χ0) is 45.9. The second-order valence-electron chi connectivity index (χ2n) is 18.6. The number of anilines is 1. The van der Waals surface area contributed by atoms with Gasteiger partial charge in [-0.25, -0.2) is 9.37 Å². The molecule has 2 unspecified atom stereocenters. The van der Waals surface area contributed by atoms with E-state index in [1.165, 1.54) is 33.3 Å². The van der Waals surface area contributed by atoms with Gasteiger partial charge >= 0.3 is 5.97 Å². The number of halogens is 1. The Kier molecular flexibility index (Phi) is 11.3. The van der Waals surface area contributed by atoms with Crippen molar-refractivity contribution in [2.45, 2.75) is 70.8 Å².